The largest absolute Gasteiger partial charge is 0.457 e. The number of aromatic nitrogens is 2. The first kappa shape index (κ1) is 20.4. The predicted molar refractivity (Wildman–Crippen MR) is 114 cm³/mol. The van der Waals surface area contributed by atoms with Gasteiger partial charge in [-0.2, -0.15) is 10.4 Å². The van der Waals surface area contributed by atoms with Gasteiger partial charge in [-0.15, -0.1) is 0 Å². The molecule has 0 spiro atoms. The first-order valence-corrected chi connectivity index (χ1v) is 10.1. The number of aliphatic hydroxyl groups is 1. The van der Waals surface area contributed by atoms with Crippen LogP contribution >= 0.6 is 0 Å². The highest BCUT2D eigenvalue weighted by molar-refractivity contribution is 5.93. The standard InChI is InChI=1S/C23H23N5O3/c24-15-28-13-16(10-11-29)21(14-28)25-23(30)20-12-19(26-27-20)18-8-4-5-9-22(18)31-17-6-2-1-3-7-17/h1-9,12,16,21,29H,10-11,13-14H2,(H,25,30)(H,26,27). The van der Waals surface area contributed by atoms with E-state index < -0.39 is 0 Å². The van der Waals surface area contributed by atoms with Crippen molar-refractivity contribution in [1.82, 2.24) is 20.4 Å². The molecule has 1 saturated heterocycles. The van der Waals surface area contributed by atoms with Crippen molar-refractivity contribution in [1.29, 1.82) is 5.26 Å². The van der Waals surface area contributed by atoms with Crippen LogP contribution in [0.3, 0.4) is 0 Å². The van der Waals surface area contributed by atoms with Gasteiger partial charge in [-0.25, -0.2) is 0 Å². The average molecular weight is 417 g/mol. The number of aromatic amines is 1. The van der Waals surface area contributed by atoms with Gasteiger partial charge in [0, 0.05) is 31.2 Å². The van der Waals surface area contributed by atoms with Gasteiger partial charge in [0.05, 0.1) is 11.7 Å². The van der Waals surface area contributed by atoms with Gasteiger partial charge in [-0.1, -0.05) is 30.3 Å². The smallest absolute Gasteiger partial charge is 0.269 e. The maximum atomic E-state index is 12.8. The Morgan fingerprint density at radius 1 is 1.23 bits per heavy atom. The van der Waals surface area contributed by atoms with E-state index in [1.165, 1.54) is 0 Å². The summed E-state index contributed by atoms with van der Waals surface area (Å²) in [4.78, 5) is 14.4. The van der Waals surface area contributed by atoms with E-state index in [1.54, 1.807) is 11.0 Å². The van der Waals surface area contributed by atoms with E-state index in [-0.39, 0.29) is 24.5 Å². The normalized spacial score (nSPS) is 17.9. The lowest BCUT2D eigenvalue weighted by Crippen LogP contribution is -2.40. The topological polar surface area (TPSA) is 114 Å². The highest BCUT2D eigenvalue weighted by Crippen LogP contribution is 2.32. The summed E-state index contributed by atoms with van der Waals surface area (Å²) in [7, 11) is 0. The van der Waals surface area contributed by atoms with Gasteiger partial charge >= 0.3 is 0 Å². The highest BCUT2D eigenvalue weighted by atomic mass is 16.5. The molecular formula is C23H23N5O3. The lowest BCUT2D eigenvalue weighted by atomic mass is 10.00. The van der Waals surface area contributed by atoms with Crippen LogP contribution in [-0.4, -0.2) is 51.8 Å². The van der Waals surface area contributed by atoms with Crippen LogP contribution in [0.25, 0.3) is 11.3 Å². The van der Waals surface area contributed by atoms with E-state index in [9.17, 15) is 9.90 Å². The predicted octanol–water partition coefficient (Wildman–Crippen LogP) is 2.76. The molecule has 2 atom stereocenters. The van der Waals surface area contributed by atoms with Crippen molar-refractivity contribution in [3.8, 4) is 28.9 Å². The summed E-state index contributed by atoms with van der Waals surface area (Å²) in [5, 5.41) is 28.5. The number of carbonyl (C=O) groups excluding carboxylic acids is 1. The Morgan fingerprint density at radius 3 is 2.77 bits per heavy atom. The lowest BCUT2D eigenvalue weighted by Gasteiger charge is -2.17. The summed E-state index contributed by atoms with van der Waals surface area (Å²) in [5.41, 5.74) is 1.67. The zero-order chi connectivity index (χ0) is 21.6. The van der Waals surface area contributed by atoms with Crippen molar-refractivity contribution >= 4 is 5.91 Å². The second-order valence-corrected chi connectivity index (χ2v) is 7.44. The van der Waals surface area contributed by atoms with Crippen molar-refractivity contribution in [3.05, 3.63) is 66.4 Å². The molecule has 0 radical (unpaired) electrons. The van der Waals surface area contributed by atoms with Gasteiger partial charge in [-0.3, -0.25) is 9.89 Å². The number of hydrogen-bond donors (Lipinski definition) is 3. The molecule has 0 aliphatic carbocycles. The lowest BCUT2D eigenvalue weighted by molar-refractivity contribution is 0.0921. The van der Waals surface area contributed by atoms with E-state index in [1.807, 2.05) is 54.6 Å². The quantitative estimate of drug-likeness (QED) is 0.510. The molecule has 2 heterocycles. The first-order valence-electron chi connectivity index (χ1n) is 10.1. The zero-order valence-electron chi connectivity index (χ0n) is 16.9. The van der Waals surface area contributed by atoms with Crippen LogP contribution < -0.4 is 10.1 Å². The molecule has 1 aromatic heterocycles. The summed E-state index contributed by atoms with van der Waals surface area (Å²) < 4.78 is 5.99. The second kappa shape index (κ2) is 9.32. The molecule has 0 bridgehead atoms. The number of para-hydroxylation sites is 2. The molecule has 4 rings (SSSR count). The minimum absolute atomic E-state index is 0.0166. The van der Waals surface area contributed by atoms with Crippen molar-refractivity contribution < 1.29 is 14.6 Å². The van der Waals surface area contributed by atoms with Gasteiger partial charge < -0.3 is 20.1 Å². The van der Waals surface area contributed by atoms with Crippen molar-refractivity contribution in [3.63, 3.8) is 0 Å². The van der Waals surface area contributed by atoms with Crippen LogP contribution in [0.15, 0.2) is 60.7 Å². The fraction of sp³-hybridized carbons (Fsp3) is 0.261. The Labute approximate surface area is 180 Å². The molecule has 2 unspecified atom stereocenters. The molecule has 1 aliphatic heterocycles. The molecular weight excluding hydrogens is 394 g/mol. The fourth-order valence-corrected chi connectivity index (χ4v) is 3.78. The van der Waals surface area contributed by atoms with Crippen LogP contribution in [0, 0.1) is 17.4 Å². The van der Waals surface area contributed by atoms with Crippen molar-refractivity contribution in [2.24, 2.45) is 5.92 Å². The summed E-state index contributed by atoms with van der Waals surface area (Å²) in [6, 6.07) is 18.4. The van der Waals surface area contributed by atoms with Crippen LogP contribution in [0.4, 0.5) is 0 Å². The Kier molecular flexibility index (Phi) is 6.15. The molecule has 1 aliphatic rings. The SMILES string of the molecule is N#CN1CC(CCO)C(NC(=O)c2cc(-c3ccccc3Oc3ccccc3)n[nH]2)C1. The summed E-state index contributed by atoms with van der Waals surface area (Å²) in [5.74, 6) is 1.07. The number of aliphatic hydroxyl groups excluding tert-OH is 1. The molecule has 8 heteroatoms. The van der Waals surface area contributed by atoms with Crippen LogP contribution in [0.2, 0.25) is 0 Å². The molecule has 8 nitrogen and oxygen atoms in total. The van der Waals surface area contributed by atoms with Crippen LogP contribution in [-0.2, 0) is 0 Å². The van der Waals surface area contributed by atoms with E-state index >= 15 is 0 Å². The maximum Gasteiger partial charge on any atom is 0.269 e. The Hall–Kier alpha value is -3.83. The van der Waals surface area contributed by atoms with Gasteiger partial charge in [0.15, 0.2) is 6.19 Å². The zero-order valence-corrected chi connectivity index (χ0v) is 16.9. The number of likely N-dealkylation sites (tertiary alicyclic amines) is 1. The Morgan fingerprint density at radius 2 is 2.00 bits per heavy atom. The van der Waals surface area contributed by atoms with Gasteiger partial charge in [0.2, 0.25) is 0 Å². The average Bonchev–Trinajstić information content (AvgIpc) is 3.43. The molecule has 31 heavy (non-hydrogen) atoms. The van der Waals surface area contributed by atoms with Crippen LogP contribution in [0.1, 0.15) is 16.9 Å². The number of amides is 1. The third-order valence-corrected chi connectivity index (χ3v) is 5.36. The highest BCUT2D eigenvalue weighted by Gasteiger charge is 2.33. The molecule has 0 saturated carbocycles. The molecule has 1 fully saturated rings. The summed E-state index contributed by atoms with van der Waals surface area (Å²) >= 11 is 0. The van der Waals surface area contributed by atoms with E-state index in [0.29, 0.717) is 42.4 Å². The van der Waals surface area contributed by atoms with E-state index in [0.717, 1.165) is 5.56 Å². The number of ether oxygens (including phenoxy) is 1. The van der Waals surface area contributed by atoms with Crippen molar-refractivity contribution in [2.45, 2.75) is 12.5 Å². The number of nitriles is 1. The molecule has 2 aromatic carbocycles. The van der Waals surface area contributed by atoms with Crippen LogP contribution in [0.5, 0.6) is 11.5 Å². The van der Waals surface area contributed by atoms with Crippen molar-refractivity contribution in [2.75, 3.05) is 19.7 Å². The monoisotopic (exact) mass is 417 g/mol. The minimum atomic E-state index is -0.298. The number of rotatable bonds is 7. The number of hydrogen-bond acceptors (Lipinski definition) is 6. The first-order chi connectivity index (χ1) is 15.2. The Bertz CT molecular complexity index is 1080. The molecule has 3 aromatic rings. The van der Waals surface area contributed by atoms with Gasteiger partial charge in [0.25, 0.3) is 5.91 Å². The summed E-state index contributed by atoms with van der Waals surface area (Å²) in [6.45, 7) is 0.977. The maximum absolute atomic E-state index is 12.8. The van der Waals surface area contributed by atoms with Gasteiger partial charge in [-0.05, 0) is 36.8 Å². The third-order valence-electron chi connectivity index (χ3n) is 5.36. The van der Waals surface area contributed by atoms with E-state index in [2.05, 4.69) is 21.7 Å². The minimum Gasteiger partial charge on any atom is -0.457 e. The Balaban J connectivity index is 1.50. The summed E-state index contributed by atoms with van der Waals surface area (Å²) in [6.07, 6.45) is 2.64. The molecule has 158 valence electrons. The number of benzene rings is 2. The molecule has 3 N–H and O–H groups in total. The number of nitrogens with zero attached hydrogens (tertiary/aromatic N) is 3. The van der Waals surface area contributed by atoms with Gasteiger partial charge in [0.1, 0.15) is 17.2 Å². The second-order valence-electron chi connectivity index (χ2n) is 7.44. The number of H-pyrrole nitrogens is 1. The number of carbonyl (C=O) groups is 1. The third kappa shape index (κ3) is 4.68. The van der Waals surface area contributed by atoms with E-state index in [4.69, 9.17) is 10.00 Å². The molecule has 1 amide bonds. The fourth-order valence-electron chi connectivity index (χ4n) is 3.78. The number of nitrogens with one attached hydrogen (secondary N) is 2.